The van der Waals surface area contributed by atoms with Crippen LogP contribution in [0.3, 0.4) is 0 Å². The van der Waals surface area contributed by atoms with E-state index in [2.05, 4.69) is 36.8 Å². The highest BCUT2D eigenvalue weighted by atomic mass is 79.9. The minimum atomic E-state index is -0.967. The summed E-state index contributed by atoms with van der Waals surface area (Å²) in [5.41, 5.74) is 1.64. The van der Waals surface area contributed by atoms with Crippen LogP contribution < -0.4 is 0 Å². The second-order valence-corrected chi connectivity index (χ2v) is 3.92. The standard InChI is InChI=1S/C9H7Br2NO2/c10-4-8-7(11)3-6(5-12-8)1-2-9(13)14/h1-3,5H,4H2,(H,13,14). The fourth-order valence-electron chi connectivity index (χ4n) is 0.838. The molecule has 0 aliphatic rings. The largest absolute Gasteiger partial charge is 0.478 e. The molecule has 0 radical (unpaired) electrons. The van der Waals surface area contributed by atoms with Crippen molar-refractivity contribution in [3.8, 4) is 0 Å². The summed E-state index contributed by atoms with van der Waals surface area (Å²) in [4.78, 5) is 14.4. The number of carboxylic acids is 1. The topological polar surface area (TPSA) is 50.2 Å². The third kappa shape index (κ3) is 3.23. The van der Waals surface area contributed by atoms with Crippen LogP contribution in [-0.2, 0) is 10.1 Å². The quantitative estimate of drug-likeness (QED) is 0.688. The zero-order valence-electron chi connectivity index (χ0n) is 7.08. The van der Waals surface area contributed by atoms with Crippen molar-refractivity contribution in [2.24, 2.45) is 0 Å². The van der Waals surface area contributed by atoms with Crippen molar-refractivity contribution in [3.05, 3.63) is 34.1 Å². The average molecular weight is 321 g/mol. The molecule has 0 spiro atoms. The molecular weight excluding hydrogens is 314 g/mol. The molecule has 1 aromatic rings. The maximum atomic E-state index is 10.3. The van der Waals surface area contributed by atoms with Crippen molar-refractivity contribution < 1.29 is 9.90 Å². The van der Waals surface area contributed by atoms with E-state index in [0.717, 1.165) is 21.8 Å². The van der Waals surface area contributed by atoms with Gasteiger partial charge in [0, 0.05) is 22.1 Å². The lowest BCUT2D eigenvalue weighted by Crippen LogP contribution is -1.89. The van der Waals surface area contributed by atoms with Crippen LogP contribution >= 0.6 is 31.9 Å². The number of carboxylic acid groups (broad SMARTS) is 1. The molecule has 0 aliphatic heterocycles. The van der Waals surface area contributed by atoms with E-state index < -0.39 is 5.97 Å². The third-order valence-electron chi connectivity index (χ3n) is 1.48. The molecule has 1 N–H and O–H groups in total. The zero-order valence-corrected chi connectivity index (χ0v) is 10.2. The lowest BCUT2D eigenvalue weighted by atomic mass is 10.2. The van der Waals surface area contributed by atoms with Crippen LogP contribution in [0.15, 0.2) is 22.8 Å². The Bertz CT molecular complexity index is 377. The normalized spacial score (nSPS) is 10.7. The van der Waals surface area contributed by atoms with Crippen LogP contribution in [0.5, 0.6) is 0 Å². The number of nitrogens with zero attached hydrogens (tertiary/aromatic N) is 1. The number of carbonyl (C=O) groups is 1. The maximum Gasteiger partial charge on any atom is 0.328 e. The van der Waals surface area contributed by atoms with Gasteiger partial charge in [-0.05, 0) is 33.6 Å². The lowest BCUT2D eigenvalue weighted by Gasteiger charge is -1.99. The summed E-state index contributed by atoms with van der Waals surface area (Å²) in [6, 6.07) is 1.82. The van der Waals surface area contributed by atoms with Gasteiger partial charge in [-0.2, -0.15) is 0 Å². The summed E-state index contributed by atoms with van der Waals surface area (Å²) in [6.45, 7) is 0. The fraction of sp³-hybridized carbons (Fsp3) is 0.111. The minimum Gasteiger partial charge on any atom is -0.478 e. The monoisotopic (exact) mass is 319 g/mol. The van der Waals surface area contributed by atoms with Gasteiger partial charge >= 0.3 is 5.97 Å². The zero-order chi connectivity index (χ0) is 10.6. The van der Waals surface area contributed by atoms with E-state index in [1.54, 1.807) is 6.20 Å². The van der Waals surface area contributed by atoms with E-state index in [9.17, 15) is 4.79 Å². The summed E-state index contributed by atoms with van der Waals surface area (Å²) in [6.07, 6.45) is 4.20. The van der Waals surface area contributed by atoms with Crippen molar-refractivity contribution >= 4 is 43.9 Å². The van der Waals surface area contributed by atoms with Gasteiger partial charge < -0.3 is 5.11 Å². The summed E-state index contributed by atoms with van der Waals surface area (Å²) in [5.74, 6) is -0.967. The molecular formula is C9H7Br2NO2. The predicted molar refractivity (Wildman–Crippen MR) is 61.2 cm³/mol. The van der Waals surface area contributed by atoms with Crippen molar-refractivity contribution in [1.29, 1.82) is 0 Å². The number of hydrogen-bond acceptors (Lipinski definition) is 2. The third-order valence-corrected chi connectivity index (χ3v) is 2.70. The first-order valence-corrected chi connectivity index (χ1v) is 5.66. The molecule has 0 fully saturated rings. The van der Waals surface area contributed by atoms with E-state index >= 15 is 0 Å². The van der Waals surface area contributed by atoms with Crippen LogP contribution in [0.1, 0.15) is 11.3 Å². The average Bonchev–Trinajstić information content (AvgIpc) is 2.15. The molecule has 0 saturated heterocycles. The maximum absolute atomic E-state index is 10.3. The molecule has 1 aromatic heterocycles. The van der Waals surface area contributed by atoms with Crippen LogP contribution in [0, 0.1) is 0 Å². The number of rotatable bonds is 3. The second-order valence-electron chi connectivity index (χ2n) is 2.50. The van der Waals surface area contributed by atoms with Crippen molar-refractivity contribution in [2.75, 3.05) is 0 Å². The van der Waals surface area contributed by atoms with E-state index in [1.807, 2.05) is 6.07 Å². The highest BCUT2D eigenvalue weighted by molar-refractivity contribution is 9.10. The molecule has 1 heterocycles. The molecule has 0 unspecified atom stereocenters. The van der Waals surface area contributed by atoms with Crippen LogP contribution in [0.4, 0.5) is 0 Å². The van der Waals surface area contributed by atoms with Gasteiger partial charge in [-0.3, -0.25) is 4.98 Å². The molecule has 0 bridgehead atoms. The highest BCUT2D eigenvalue weighted by Crippen LogP contribution is 2.18. The van der Waals surface area contributed by atoms with Gasteiger partial charge in [-0.1, -0.05) is 15.9 Å². The smallest absolute Gasteiger partial charge is 0.328 e. The number of hydrogen-bond donors (Lipinski definition) is 1. The Morgan fingerprint density at radius 2 is 2.36 bits per heavy atom. The Balaban J connectivity index is 2.91. The van der Waals surface area contributed by atoms with E-state index in [0.29, 0.717) is 5.33 Å². The first-order chi connectivity index (χ1) is 6.63. The number of aromatic nitrogens is 1. The molecule has 3 nitrogen and oxygen atoms in total. The Morgan fingerprint density at radius 1 is 1.64 bits per heavy atom. The van der Waals surface area contributed by atoms with Crippen LogP contribution in [0.25, 0.3) is 6.08 Å². The van der Waals surface area contributed by atoms with E-state index in [-0.39, 0.29) is 0 Å². The predicted octanol–water partition coefficient (Wildman–Crippen LogP) is 2.84. The van der Waals surface area contributed by atoms with Crippen LogP contribution in [-0.4, -0.2) is 16.1 Å². The second kappa shape index (κ2) is 5.26. The number of alkyl halides is 1. The molecule has 74 valence electrons. The first kappa shape index (κ1) is 11.4. The highest BCUT2D eigenvalue weighted by Gasteiger charge is 1.99. The molecule has 5 heteroatoms. The SMILES string of the molecule is O=C(O)C=Cc1cnc(CBr)c(Br)c1. The number of halogens is 2. The Morgan fingerprint density at radius 3 is 2.86 bits per heavy atom. The van der Waals surface area contributed by atoms with Gasteiger partial charge in [0.2, 0.25) is 0 Å². The molecule has 0 atom stereocenters. The summed E-state index contributed by atoms with van der Waals surface area (Å²) in [7, 11) is 0. The molecule has 0 aromatic carbocycles. The van der Waals surface area contributed by atoms with E-state index in [1.165, 1.54) is 6.08 Å². The summed E-state index contributed by atoms with van der Waals surface area (Å²) in [5, 5.41) is 9.08. The van der Waals surface area contributed by atoms with Gasteiger partial charge in [0.15, 0.2) is 0 Å². The summed E-state index contributed by atoms with van der Waals surface area (Å²) < 4.78 is 0.863. The molecule has 0 aliphatic carbocycles. The van der Waals surface area contributed by atoms with Gasteiger partial charge in [0.05, 0.1) is 5.69 Å². The minimum absolute atomic E-state index is 0.663. The fourth-order valence-corrected chi connectivity index (χ4v) is 2.17. The van der Waals surface area contributed by atoms with Gasteiger partial charge in [0.1, 0.15) is 0 Å². The molecule has 0 amide bonds. The number of aliphatic carboxylic acids is 1. The van der Waals surface area contributed by atoms with Crippen LogP contribution in [0.2, 0.25) is 0 Å². The van der Waals surface area contributed by atoms with Crippen molar-refractivity contribution in [3.63, 3.8) is 0 Å². The Hall–Kier alpha value is -0.680. The Kier molecular flexibility index (Phi) is 4.28. The Labute approximate surface area is 98.1 Å². The molecule has 0 saturated carbocycles. The molecule has 1 rings (SSSR count). The lowest BCUT2D eigenvalue weighted by molar-refractivity contribution is -0.131. The first-order valence-electron chi connectivity index (χ1n) is 3.75. The van der Waals surface area contributed by atoms with Gasteiger partial charge in [-0.25, -0.2) is 4.79 Å². The summed E-state index contributed by atoms with van der Waals surface area (Å²) >= 11 is 6.63. The van der Waals surface area contributed by atoms with Crippen molar-refractivity contribution in [1.82, 2.24) is 4.98 Å². The number of pyridine rings is 1. The van der Waals surface area contributed by atoms with Gasteiger partial charge in [0.25, 0.3) is 0 Å². The van der Waals surface area contributed by atoms with Crippen molar-refractivity contribution in [2.45, 2.75) is 5.33 Å². The van der Waals surface area contributed by atoms with Gasteiger partial charge in [-0.15, -0.1) is 0 Å². The van der Waals surface area contributed by atoms with E-state index in [4.69, 9.17) is 5.11 Å². The molecule has 14 heavy (non-hydrogen) atoms.